The number of nitrogens with one attached hydrogen (secondary N) is 2. The summed E-state index contributed by atoms with van der Waals surface area (Å²) < 4.78 is 0. The van der Waals surface area contributed by atoms with Crippen molar-refractivity contribution in [2.24, 2.45) is 17.6 Å². The zero-order valence-corrected chi connectivity index (χ0v) is 7.16. The largest absolute Gasteiger partial charge is 0.299 e. The van der Waals surface area contributed by atoms with E-state index in [2.05, 4.69) is 0 Å². The van der Waals surface area contributed by atoms with Crippen molar-refractivity contribution in [3.8, 4) is 0 Å². The van der Waals surface area contributed by atoms with Crippen molar-refractivity contribution in [3.63, 3.8) is 0 Å². The highest BCUT2D eigenvalue weighted by Gasteiger charge is 2.25. The van der Waals surface area contributed by atoms with Gasteiger partial charge in [0.15, 0.2) is 0 Å². The fourth-order valence-electron chi connectivity index (χ4n) is 0.766. The van der Waals surface area contributed by atoms with E-state index in [1.165, 1.54) is 6.92 Å². The molecular weight excluding hydrogens is 176 g/mol. The van der Waals surface area contributed by atoms with E-state index in [0.29, 0.717) is 0 Å². The van der Waals surface area contributed by atoms with Crippen molar-refractivity contribution >= 4 is 17.6 Å². The minimum absolute atomic E-state index is 0.297. The van der Waals surface area contributed by atoms with Gasteiger partial charge in [-0.2, -0.15) is 0 Å². The Kier molecular flexibility index (Phi) is 4.63. The lowest BCUT2D eigenvalue weighted by Crippen LogP contribution is -2.42. The van der Waals surface area contributed by atoms with Gasteiger partial charge in [-0.3, -0.25) is 25.2 Å². The molecule has 0 radical (unpaired) electrons. The monoisotopic (exact) mass is 188 g/mol. The number of carbonyl (C=O) groups excluding carboxylic acids is 3. The molecule has 0 aromatic heterocycles. The first-order chi connectivity index (χ1) is 6.02. The Bertz CT molecular complexity index is 228. The fraction of sp³-hybridized carbons (Fsp3) is 0.500. The summed E-state index contributed by atoms with van der Waals surface area (Å²) in [5, 5.41) is 0. The molecule has 0 rings (SSSR count). The van der Waals surface area contributed by atoms with Crippen LogP contribution in [-0.4, -0.2) is 17.6 Å². The number of carbonyl (C=O) groups is 3. The van der Waals surface area contributed by atoms with Crippen molar-refractivity contribution < 1.29 is 14.4 Å². The van der Waals surface area contributed by atoms with Gasteiger partial charge < -0.3 is 0 Å². The Labute approximate surface area is 74.8 Å². The zero-order chi connectivity index (χ0) is 10.4. The summed E-state index contributed by atoms with van der Waals surface area (Å²) in [4.78, 5) is 32.5. The third-order valence-corrected chi connectivity index (χ3v) is 1.50. The van der Waals surface area contributed by atoms with Gasteiger partial charge in [-0.25, -0.2) is 11.7 Å². The number of Topliss-reactive ketones (excluding diaryl/α,β-unsaturated/α-hetero) is 1. The van der Waals surface area contributed by atoms with Crippen LogP contribution in [0.1, 0.15) is 13.3 Å². The van der Waals surface area contributed by atoms with Crippen LogP contribution in [0.3, 0.4) is 0 Å². The number of rotatable bonds is 4. The second-order valence-corrected chi connectivity index (χ2v) is 2.44. The first kappa shape index (κ1) is 11.5. The molecule has 7 heteroatoms. The molecule has 0 spiro atoms. The SMILES string of the molecule is CC(=O)C(CC(=O)NN)C(=O)NN. The highest BCUT2D eigenvalue weighted by atomic mass is 16.2. The summed E-state index contributed by atoms with van der Waals surface area (Å²) >= 11 is 0. The number of nitrogens with two attached hydrogens (primary N) is 2. The fourth-order valence-corrected chi connectivity index (χ4v) is 0.766. The van der Waals surface area contributed by atoms with Crippen LogP contribution < -0.4 is 22.5 Å². The highest BCUT2D eigenvalue weighted by Crippen LogP contribution is 2.03. The Morgan fingerprint density at radius 2 is 1.77 bits per heavy atom. The summed E-state index contributed by atoms with van der Waals surface area (Å²) in [6.45, 7) is 1.20. The number of ketones is 1. The van der Waals surface area contributed by atoms with Crippen molar-refractivity contribution in [1.29, 1.82) is 0 Å². The maximum atomic E-state index is 10.9. The molecule has 0 saturated carbocycles. The second kappa shape index (κ2) is 5.22. The van der Waals surface area contributed by atoms with Crippen LogP contribution in [0.25, 0.3) is 0 Å². The molecule has 0 aromatic rings. The molecule has 0 bridgehead atoms. The lowest BCUT2D eigenvalue weighted by Gasteiger charge is -2.09. The van der Waals surface area contributed by atoms with Gasteiger partial charge in [-0.15, -0.1) is 0 Å². The summed E-state index contributed by atoms with van der Waals surface area (Å²) in [6, 6.07) is 0. The number of amides is 2. The molecule has 0 fully saturated rings. The van der Waals surface area contributed by atoms with Crippen LogP contribution in [0.4, 0.5) is 0 Å². The van der Waals surface area contributed by atoms with E-state index < -0.39 is 23.5 Å². The van der Waals surface area contributed by atoms with Gasteiger partial charge >= 0.3 is 0 Å². The van der Waals surface area contributed by atoms with Gasteiger partial charge in [-0.1, -0.05) is 0 Å². The van der Waals surface area contributed by atoms with Crippen molar-refractivity contribution in [1.82, 2.24) is 10.9 Å². The van der Waals surface area contributed by atoms with Crippen LogP contribution >= 0.6 is 0 Å². The molecule has 0 heterocycles. The number of hydrogen-bond acceptors (Lipinski definition) is 5. The Hall–Kier alpha value is -1.47. The average Bonchev–Trinajstić information content (AvgIpc) is 2.11. The molecule has 6 N–H and O–H groups in total. The summed E-state index contributed by atoms with van der Waals surface area (Å²) in [5.41, 5.74) is 3.61. The summed E-state index contributed by atoms with van der Waals surface area (Å²) in [5.74, 6) is 6.80. The van der Waals surface area contributed by atoms with Gasteiger partial charge in [0.2, 0.25) is 11.8 Å². The first-order valence-corrected chi connectivity index (χ1v) is 3.53. The van der Waals surface area contributed by atoms with E-state index in [1.807, 2.05) is 5.43 Å². The van der Waals surface area contributed by atoms with Crippen molar-refractivity contribution in [2.45, 2.75) is 13.3 Å². The minimum atomic E-state index is -1.08. The van der Waals surface area contributed by atoms with Crippen LogP contribution in [0.5, 0.6) is 0 Å². The first-order valence-electron chi connectivity index (χ1n) is 3.53. The van der Waals surface area contributed by atoms with E-state index in [-0.39, 0.29) is 6.42 Å². The second-order valence-electron chi connectivity index (χ2n) is 2.44. The standard InChI is InChI=1S/C6H12N4O3/c1-3(11)4(6(13)10-8)2-5(12)9-7/h4H,2,7-8H2,1H3,(H,9,12)(H,10,13). The Balaban J connectivity index is 4.35. The van der Waals surface area contributed by atoms with Crippen LogP contribution in [0.15, 0.2) is 0 Å². The predicted molar refractivity (Wildman–Crippen MR) is 43.4 cm³/mol. The third-order valence-electron chi connectivity index (χ3n) is 1.50. The molecule has 0 aliphatic heterocycles. The van der Waals surface area contributed by atoms with Crippen LogP contribution in [0, 0.1) is 5.92 Å². The molecule has 0 aromatic carbocycles. The Morgan fingerprint density at radius 1 is 1.23 bits per heavy atom. The summed E-state index contributed by atoms with van der Waals surface area (Å²) in [6.07, 6.45) is -0.297. The molecule has 2 amide bonds. The lowest BCUT2D eigenvalue weighted by molar-refractivity contribution is -0.137. The van der Waals surface area contributed by atoms with Gasteiger partial charge in [0, 0.05) is 6.42 Å². The lowest BCUT2D eigenvalue weighted by atomic mass is 10.0. The number of hydrazine groups is 2. The molecule has 0 saturated heterocycles. The third kappa shape index (κ3) is 3.63. The van der Waals surface area contributed by atoms with Gasteiger partial charge in [-0.05, 0) is 6.92 Å². The predicted octanol–water partition coefficient (Wildman–Crippen LogP) is -2.44. The van der Waals surface area contributed by atoms with Crippen LogP contribution in [0.2, 0.25) is 0 Å². The molecule has 7 nitrogen and oxygen atoms in total. The molecule has 0 aliphatic carbocycles. The highest BCUT2D eigenvalue weighted by molar-refractivity contribution is 6.02. The summed E-state index contributed by atoms with van der Waals surface area (Å²) in [7, 11) is 0. The molecule has 1 atom stereocenters. The van der Waals surface area contributed by atoms with Crippen LogP contribution in [-0.2, 0) is 14.4 Å². The minimum Gasteiger partial charge on any atom is -0.299 e. The molecule has 1 unspecified atom stereocenters. The zero-order valence-electron chi connectivity index (χ0n) is 7.16. The van der Waals surface area contributed by atoms with E-state index in [9.17, 15) is 14.4 Å². The molecule has 74 valence electrons. The van der Waals surface area contributed by atoms with E-state index >= 15 is 0 Å². The van der Waals surface area contributed by atoms with Gasteiger partial charge in [0.05, 0.1) is 0 Å². The molecule has 13 heavy (non-hydrogen) atoms. The average molecular weight is 188 g/mol. The molecular formula is C6H12N4O3. The maximum absolute atomic E-state index is 10.9. The van der Waals surface area contributed by atoms with E-state index in [4.69, 9.17) is 11.7 Å². The smallest absolute Gasteiger partial charge is 0.244 e. The number of hydrogen-bond donors (Lipinski definition) is 4. The topological polar surface area (TPSA) is 127 Å². The van der Waals surface area contributed by atoms with E-state index in [1.54, 1.807) is 5.43 Å². The van der Waals surface area contributed by atoms with E-state index in [0.717, 1.165) is 0 Å². The quantitative estimate of drug-likeness (QED) is 0.169. The maximum Gasteiger partial charge on any atom is 0.244 e. The van der Waals surface area contributed by atoms with Gasteiger partial charge in [0.1, 0.15) is 11.7 Å². The Morgan fingerprint density at radius 3 is 2.08 bits per heavy atom. The molecule has 0 aliphatic rings. The van der Waals surface area contributed by atoms with Crippen molar-refractivity contribution in [2.75, 3.05) is 0 Å². The normalized spacial score (nSPS) is 11.6. The van der Waals surface area contributed by atoms with Gasteiger partial charge in [0.25, 0.3) is 0 Å². The van der Waals surface area contributed by atoms with Crippen molar-refractivity contribution in [3.05, 3.63) is 0 Å².